The number of hydrogen-bond donors (Lipinski definition) is 1. The van der Waals surface area contributed by atoms with Crippen LogP contribution >= 0.6 is 11.8 Å². The number of morpholine rings is 1. The molecule has 2 fully saturated rings. The highest BCUT2D eigenvalue weighted by atomic mass is 32.2. The monoisotopic (exact) mass is 415 g/mol. The third-order valence-electron chi connectivity index (χ3n) is 5.53. The number of benzene rings is 1. The number of ether oxygens (including phenoxy) is 1. The molecule has 0 bridgehead atoms. The van der Waals surface area contributed by atoms with Crippen LogP contribution in [-0.4, -0.2) is 58.3 Å². The SMILES string of the molecule is C[C@@H](Sc1nnc(N2CCOCC2)n1Cc1ccccc1)C(=O)NC1CCCC1. The van der Waals surface area contributed by atoms with Gasteiger partial charge in [-0.3, -0.25) is 9.36 Å². The van der Waals surface area contributed by atoms with Crippen molar-refractivity contribution < 1.29 is 9.53 Å². The lowest BCUT2D eigenvalue weighted by atomic mass is 10.2. The molecule has 0 unspecified atom stereocenters. The van der Waals surface area contributed by atoms with Gasteiger partial charge in [0.25, 0.3) is 0 Å². The number of anilines is 1. The smallest absolute Gasteiger partial charge is 0.233 e. The van der Waals surface area contributed by atoms with Crippen molar-refractivity contribution in [3.63, 3.8) is 0 Å². The Morgan fingerprint density at radius 3 is 2.66 bits per heavy atom. The lowest BCUT2D eigenvalue weighted by Gasteiger charge is -2.28. The van der Waals surface area contributed by atoms with E-state index in [0.717, 1.165) is 37.0 Å². The van der Waals surface area contributed by atoms with Crippen molar-refractivity contribution in [3.8, 4) is 0 Å². The van der Waals surface area contributed by atoms with Crippen LogP contribution in [0.15, 0.2) is 35.5 Å². The van der Waals surface area contributed by atoms with Crippen molar-refractivity contribution >= 4 is 23.6 Å². The maximum Gasteiger partial charge on any atom is 0.233 e. The Kier molecular flexibility index (Phi) is 6.71. The summed E-state index contributed by atoms with van der Waals surface area (Å²) < 4.78 is 7.62. The maximum atomic E-state index is 12.7. The van der Waals surface area contributed by atoms with Crippen molar-refractivity contribution in [1.29, 1.82) is 0 Å². The van der Waals surface area contributed by atoms with Gasteiger partial charge in [0.05, 0.1) is 25.0 Å². The van der Waals surface area contributed by atoms with Gasteiger partial charge in [0.2, 0.25) is 11.9 Å². The van der Waals surface area contributed by atoms with Crippen LogP contribution in [0.1, 0.15) is 38.2 Å². The second-order valence-corrected chi connectivity index (χ2v) is 9.01. The molecule has 1 saturated carbocycles. The van der Waals surface area contributed by atoms with E-state index >= 15 is 0 Å². The van der Waals surface area contributed by atoms with Crippen molar-refractivity contribution in [1.82, 2.24) is 20.1 Å². The summed E-state index contributed by atoms with van der Waals surface area (Å²) >= 11 is 1.49. The Morgan fingerprint density at radius 1 is 1.21 bits per heavy atom. The van der Waals surface area contributed by atoms with Crippen LogP contribution in [0.2, 0.25) is 0 Å². The van der Waals surface area contributed by atoms with Gasteiger partial charge in [-0.05, 0) is 25.3 Å². The molecule has 8 heteroatoms. The zero-order chi connectivity index (χ0) is 20.1. The average molecular weight is 416 g/mol. The Balaban J connectivity index is 1.51. The van der Waals surface area contributed by atoms with E-state index in [1.54, 1.807) is 0 Å². The summed E-state index contributed by atoms with van der Waals surface area (Å²) in [7, 11) is 0. The molecule has 29 heavy (non-hydrogen) atoms. The molecule has 2 aliphatic rings. The summed E-state index contributed by atoms with van der Waals surface area (Å²) in [5.74, 6) is 0.937. The molecule has 1 saturated heterocycles. The summed E-state index contributed by atoms with van der Waals surface area (Å²) in [6.45, 7) is 5.62. The second kappa shape index (κ2) is 9.63. The van der Waals surface area contributed by atoms with Crippen LogP contribution in [0.25, 0.3) is 0 Å². The van der Waals surface area contributed by atoms with Gasteiger partial charge in [0, 0.05) is 19.1 Å². The molecule has 2 aromatic rings. The number of carbonyl (C=O) groups is 1. The molecule has 0 spiro atoms. The van der Waals surface area contributed by atoms with Crippen LogP contribution in [-0.2, 0) is 16.1 Å². The predicted molar refractivity (Wildman–Crippen MR) is 114 cm³/mol. The number of nitrogens with one attached hydrogen (secondary N) is 1. The lowest BCUT2D eigenvalue weighted by Crippen LogP contribution is -2.38. The lowest BCUT2D eigenvalue weighted by molar-refractivity contribution is -0.120. The normalized spacial score (nSPS) is 18.7. The zero-order valence-electron chi connectivity index (χ0n) is 16.9. The van der Waals surface area contributed by atoms with E-state index in [0.29, 0.717) is 25.8 Å². The molecular weight excluding hydrogens is 386 g/mol. The first-order valence-electron chi connectivity index (χ1n) is 10.5. The van der Waals surface area contributed by atoms with Gasteiger partial charge in [-0.1, -0.05) is 54.9 Å². The Labute approximate surface area is 176 Å². The first-order valence-corrected chi connectivity index (χ1v) is 11.4. The van der Waals surface area contributed by atoms with Gasteiger partial charge in [0.1, 0.15) is 0 Å². The number of rotatable bonds is 7. The van der Waals surface area contributed by atoms with Crippen LogP contribution in [0.3, 0.4) is 0 Å². The van der Waals surface area contributed by atoms with E-state index in [2.05, 4.69) is 37.1 Å². The third kappa shape index (κ3) is 5.11. The average Bonchev–Trinajstić information content (AvgIpc) is 3.40. The second-order valence-electron chi connectivity index (χ2n) is 7.70. The molecule has 1 aromatic carbocycles. The third-order valence-corrected chi connectivity index (χ3v) is 6.61. The Morgan fingerprint density at radius 2 is 1.93 bits per heavy atom. The molecule has 1 atom stereocenters. The fourth-order valence-electron chi connectivity index (χ4n) is 3.87. The van der Waals surface area contributed by atoms with E-state index in [1.807, 2.05) is 25.1 Å². The van der Waals surface area contributed by atoms with E-state index in [1.165, 1.54) is 30.2 Å². The minimum Gasteiger partial charge on any atom is -0.378 e. The fourth-order valence-corrected chi connectivity index (χ4v) is 4.72. The van der Waals surface area contributed by atoms with E-state index < -0.39 is 0 Å². The topological polar surface area (TPSA) is 72.3 Å². The quantitative estimate of drug-likeness (QED) is 0.701. The molecule has 1 aromatic heterocycles. The molecule has 7 nitrogen and oxygen atoms in total. The van der Waals surface area contributed by atoms with Crippen molar-refractivity contribution in [3.05, 3.63) is 35.9 Å². The molecular formula is C21H29N5O2S. The van der Waals surface area contributed by atoms with Gasteiger partial charge in [0.15, 0.2) is 5.16 Å². The number of hydrogen-bond acceptors (Lipinski definition) is 6. The van der Waals surface area contributed by atoms with Gasteiger partial charge in [-0.15, -0.1) is 10.2 Å². The summed E-state index contributed by atoms with van der Waals surface area (Å²) in [5, 5.41) is 12.7. The van der Waals surface area contributed by atoms with E-state index in [4.69, 9.17) is 4.74 Å². The van der Waals surface area contributed by atoms with Crippen LogP contribution in [0.4, 0.5) is 5.95 Å². The number of thioether (sulfide) groups is 1. The standard InChI is InChI=1S/C21H29N5O2S/c1-16(19(27)22-18-9-5-6-10-18)29-21-24-23-20(25-11-13-28-14-12-25)26(21)15-17-7-3-2-4-8-17/h2-4,7-8,16,18H,5-6,9-15H2,1H3,(H,22,27)/t16-/m1/s1. The molecule has 4 rings (SSSR count). The van der Waals surface area contributed by atoms with Crippen LogP contribution < -0.4 is 10.2 Å². The highest BCUT2D eigenvalue weighted by Crippen LogP contribution is 2.28. The minimum atomic E-state index is -0.216. The number of aromatic nitrogens is 3. The summed E-state index contributed by atoms with van der Waals surface area (Å²) in [6.07, 6.45) is 4.60. The Hall–Kier alpha value is -2.06. The van der Waals surface area contributed by atoms with Crippen LogP contribution in [0, 0.1) is 0 Å². The van der Waals surface area contributed by atoms with Gasteiger partial charge in [-0.2, -0.15) is 0 Å². The maximum absolute atomic E-state index is 12.7. The first-order chi connectivity index (χ1) is 14.2. The molecule has 2 heterocycles. The summed E-state index contributed by atoms with van der Waals surface area (Å²) in [6, 6.07) is 10.6. The highest BCUT2D eigenvalue weighted by Gasteiger charge is 2.25. The molecule has 1 aliphatic heterocycles. The molecule has 1 N–H and O–H groups in total. The molecule has 156 valence electrons. The van der Waals surface area contributed by atoms with Gasteiger partial charge < -0.3 is 15.0 Å². The highest BCUT2D eigenvalue weighted by molar-refractivity contribution is 8.00. The van der Waals surface area contributed by atoms with Gasteiger partial charge >= 0.3 is 0 Å². The molecule has 1 amide bonds. The molecule has 0 radical (unpaired) electrons. The summed E-state index contributed by atoms with van der Waals surface area (Å²) in [5.41, 5.74) is 1.19. The van der Waals surface area contributed by atoms with Gasteiger partial charge in [-0.25, -0.2) is 0 Å². The number of amides is 1. The van der Waals surface area contributed by atoms with E-state index in [-0.39, 0.29) is 11.2 Å². The minimum absolute atomic E-state index is 0.0871. The van der Waals surface area contributed by atoms with Crippen molar-refractivity contribution in [2.45, 2.75) is 55.6 Å². The predicted octanol–water partition coefficient (Wildman–Crippen LogP) is 2.70. The fraction of sp³-hybridized carbons (Fsp3) is 0.571. The van der Waals surface area contributed by atoms with Crippen molar-refractivity contribution in [2.75, 3.05) is 31.2 Å². The zero-order valence-corrected chi connectivity index (χ0v) is 17.7. The Bertz CT molecular complexity index is 801. The van der Waals surface area contributed by atoms with Crippen molar-refractivity contribution in [2.24, 2.45) is 0 Å². The summed E-state index contributed by atoms with van der Waals surface area (Å²) in [4.78, 5) is 14.9. The van der Waals surface area contributed by atoms with Crippen LogP contribution in [0.5, 0.6) is 0 Å². The largest absolute Gasteiger partial charge is 0.378 e. The molecule has 1 aliphatic carbocycles. The first kappa shape index (κ1) is 20.2. The number of nitrogens with zero attached hydrogens (tertiary/aromatic N) is 4. The van der Waals surface area contributed by atoms with E-state index in [9.17, 15) is 4.79 Å². The number of carbonyl (C=O) groups excluding carboxylic acids is 1.